The second-order valence-electron chi connectivity index (χ2n) is 5.31. The first kappa shape index (κ1) is 16.5. The van der Waals surface area contributed by atoms with E-state index in [0.29, 0.717) is 0 Å². The van der Waals surface area contributed by atoms with Gasteiger partial charge in [0.2, 0.25) is 0 Å². The SMILES string of the molecule is Cn1c(=O)c2c(NC(=O)c3c(F)cccc3F)ccnc2n(C)c1=O. The lowest BCUT2D eigenvalue weighted by Gasteiger charge is -2.11. The average molecular weight is 346 g/mol. The van der Waals surface area contributed by atoms with E-state index in [1.807, 2.05) is 0 Å². The van der Waals surface area contributed by atoms with Crippen LogP contribution in [0.25, 0.3) is 11.0 Å². The molecule has 2 heterocycles. The minimum Gasteiger partial charge on any atom is -0.321 e. The van der Waals surface area contributed by atoms with Crippen molar-refractivity contribution in [1.82, 2.24) is 14.1 Å². The number of amides is 1. The summed E-state index contributed by atoms with van der Waals surface area (Å²) in [6, 6.07) is 4.34. The van der Waals surface area contributed by atoms with E-state index < -0.39 is 34.4 Å². The van der Waals surface area contributed by atoms with Gasteiger partial charge in [-0.15, -0.1) is 0 Å². The third-order valence-corrected chi connectivity index (χ3v) is 3.78. The van der Waals surface area contributed by atoms with E-state index in [4.69, 9.17) is 0 Å². The van der Waals surface area contributed by atoms with E-state index >= 15 is 0 Å². The fourth-order valence-electron chi connectivity index (χ4n) is 2.49. The number of hydrogen-bond acceptors (Lipinski definition) is 4. The fourth-order valence-corrected chi connectivity index (χ4v) is 2.49. The first-order valence-corrected chi connectivity index (χ1v) is 7.13. The molecule has 0 spiro atoms. The predicted octanol–water partition coefficient (Wildman–Crippen LogP) is 1.16. The van der Waals surface area contributed by atoms with Crippen LogP contribution in [0.5, 0.6) is 0 Å². The standard InChI is InChI=1S/C16H12F2N4O3/c1-21-13-12(15(24)22(2)16(21)25)10(6-7-19-13)20-14(23)11-8(17)4-3-5-9(11)18/h3-7H,1-2H3,(H,19,20,23). The number of carbonyl (C=O) groups excluding carboxylic acids is 1. The van der Waals surface area contributed by atoms with Crippen molar-refractivity contribution in [2.75, 3.05) is 5.32 Å². The zero-order valence-corrected chi connectivity index (χ0v) is 13.2. The summed E-state index contributed by atoms with van der Waals surface area (Å²) in [6.07, 6.45) is 1.27. The second kappa shape index (κ2) is 5.93. The molecule has 0 atom stereocenters. The van der Waals surface area contributed by atoms with Crippen molar-refractivity contribution < 1.29 is 13.6 Å². The first-order chi connectivity index (χ1) is 11.8. The molecular weight excluding hydrogens is 334 g/mol. The summed E-state index contributed by atoms with van der Waals surface area (Å²) in [7, 11) is 2.69. The van der Waals surface area contributed by atoms with E-state index in [0.717, 1.165) is 27.3 Å². The van der Waals surface area contributed by atoms with Gasteiger partial charge in [0.05, 0.1) is 5.69 Å². The minimum absolute atomic E-state index is 0.00569. The predicted molar refractivity (Wildman–Crippen MR) is 86.5 cm³/mol. The van der Waals surface area contributed by atoms with Gasteiger partial charge in [-0.05, 0) is 18.2 Å². The van der Waals surface area contributed by atoms with Crippen LogP contribution in [0.1, 0.15) is 10.4 Å². The molecule has 0 fully saturated rings. The third kappa shape index (κ3) is 2.59. The third-order valence-electron chi connectivity index (χ3n) is 3.78. The maximum Gasteiger partial charge on any atom is 0.332 e. The lowest BCUT2D eigenvalue weighted by Crippen LogP contribution is -2.37. The number of pyridine rings is 1. The van der Waals surface area contributed by atoms with Crippen LogP contribution in [0.15, 0.2) is 40.1 Å². The highest BCUT2D eigenvalue weighted by Gasteiger charge is 2.20. The number of hydrogen-bond donors (Lipinski definition) is 1. The van der Waals surface area contributed by atoms with E-state index in [9.17, 15) is 23.2 Å². The van der Waals surface area contributed by atoms with Crippen molar-refractivity contribution >= 4 is 22.6 Å². The molecule has 0 bridgehead atoms. The summed E-state index contributed by atoms with van der Waals surface area (Å²) in [5, 5.41) is 2.27. The van der Waals surface area contributed by atoms with Crippen LogP contribution in [0.2, 0.25) is 0 Å². The van der Waals surface area contributed by atoms with Crippen molar-refractivity contribution in [3.8, 4) is 0 Å². The highest BCUT2D eigenvalue weighted by atomic mass is 19.1. The zero-order valence-electron chi connectivity index (χ0n) is 13.2. The number of rotatable bonds is 2. The molecule has 3 aromatic rings. The van der Waals surface area contributed by atoms with Gasteiger partial charge in [0.1, 0.15) is 22.6 Å². The topological polar surface area (TPSA) is 86.0 Å². The van der Waals surface area contributed by atoms with Crippen LogP contribution in [0.3, 0.4) is 0 Å². The normalized spacial score (nSPS) is 10.9. The number of anilines is 1. The van der Waals surface area contributed by atoms with Gasteiger partial charge in [-0.3, -0.25) is 18.7 Å². The number of nitrogens with zero attached hydrogens (tertiary/aromatic N) is 3. The van der Waals surface area contributed by atoms with Crippen molar-refractivity contribution in [1.29, 1.82) is 0 Å². The Morgan fingerprint density at radius 2 is 1.72 bits per heavy atom. The molecule has 0 unspecified atom stereocenters. The van der Waals surface area contributed by atoms with E-state index in [1.165, 1.54) is 26.4 Å². The Morgan fingerprint density at radius 3 is 2.36 bits per heavy atom. The molecule has 3 rings (SSSR count). The quantitative estimate of drug-likeness (QED) is 0.755. The van der Waals surface area contributed by atoms with E-state index in [-0.39, 0.29) is 16.7 Å². The summed E-state index contributed by atoms with van der Waals surface area (Å²) in [4.78, 5) is 40.6. The smallest absolute Gasteiger partial charge is 0.321 e. The molecule has 1 amide bonds. The van der Waals surface area contributed by atoms with E-state index in [2.05, 4.69) is 10.3 Å². The highest BCUT2D eigenvalue weighted by Crippen LogP contribution is 2.19. The number of carbonyl (C=O) groups is 1. The molecular formula is C16H12F2N4O3. The van der Waals surface area contributed by atoms with Gasteiger partial charge >= 0.3 is 5.69 Å². The number of nitrogens with one attached hydrogen (secondary N) is 1. The van der Waals surface area contributed by atoms with Crippen LogP contribution in [-0.2, 0) is 14.1 Å². The van der Waals surface area contributed by atoms with Gasteiger partial charge in [-0.1, -0.05) is 6.07 Å². The molecule has 0 aliphatic rings. The van der Waals surface area contributed by atoms with Crippen molar-refractivity contribution in [2.45, 2.75) is 0 Å². The summed E-state index contributed by atoms with van der Waals surface area (Å²) < 4.78 is 29.5. The zero-order chi connectivity index (χ0) is 18.3. The Bertz CT molecular complexity index is 1110. The molecule has 2 aromatic heterocycles. The number of fused-ring (bicyclic) bond motifs is 1. The maximum atomic E-state index is 13.8. The molecule has 0 aliphatic carbocycles. The Morgan fingerprint density at radius 1 is 1.08 bits per heavy atom. The monoisotopic (exact) mass is 346 g/mol. The van der Waals surface area contributed by atoms with Crippen LogP contribution in [-0.4, -0.2) is 20.0 Å². The van der Waals surface area contributed by atoms with Crippen LogP contribution < -0.4 is 16.6 Å². The molecule has 0 saturated carbocycles. The molecule has 25 heavy (non-hydrogen) atoms. The summed E-state index contributed by atoms with van der Waals surface area (Å²) in [6.45, 7) is 0. The van der Waals surface area contributed by atoms with Gasteiger partial charge in [0.25, 0.3) is 11.5 Å². The Labute approximate surface area is 139 Å². The van der Waals surface area contributed by atoms with Gasteiger partial charge < -0.3 is 5.32 Å². The van der Waals surface area contributed by atoms with Crippen LogP contribution in [0, 0.1) is 11.6 Å². The van der Waals surface area contributed by atoms with Gasteiger partial charge in [0, 0.05) is 20.3 Å². The summed E-state index contributed by atoms with van der Waals surface area (Å²) in [5.41, 5.74) is -2.01. The number of benzene rings is 1. The van der Waals surface area contributed by atoms with Crippen molar-refractivity contribution in [2.24, 2.45) is 14.1 Å². The average Bonchev–Trinajstić information content (AvgIpc) is 2.57. The molecule has 1 aromatic carbocycles. The highest BCUT2D eigenvalue weighted by molar-refractivity contribution is 6.08. The van der Waals surface area contributed by atoms with E-state index in [1.54, 1.807) is 0 Å². The van der Waals surface area contributed by atoms with Crippen molar-refractivity contribution in [3.05, 3.63) is 68.5 Å². The lowest BCUT2D eigenvalue weighted by atomic mass is 10.1. The fraction of sp³-hybridized carbons (Fsp3) is 0.125. The van der Waals surface area contributed by atoms with Gasteiger partial charge in [-0.25, -0.2) is 18.6 Å². The molecule has 1 N–H and O–H groups in total. The summed E-state index contributed by atoms with van der Waals surface area (Å²) in [5.74, 6) is -3.12. The Hall–Kier alpha value is -3.36. The molecule has 0 radical (unpaired) electrons. The molecule has 128 valence electrons. The van der Waals surface area contributed by atoms with Crippen LogP contribution in [0.4, 0.5) is 14.5 Å². The van der Waals surface area contributed by atoms with Crippen molar-refractivity contribution in [3.63, 3.8) is 0 Å². The Balaban J connectivity index is 2.20. The first-order valence-electron chi connectivity index (χ1n) is 7.13. The molecule has 9 heteroatoms. The minimum atomic E-state index is -1.06. The van der Waals surface area contributed by atoms with Gasteiger partial charge in [-0.2, -0.15) is 0 Å². The summed E-state index contributed by atoms with van der Waals surface area (Å²) >= 11 is 0. The second-order valence-corrected chi connectivity index (χ2v) is 5.31. The van der Waals surface area contributed by atoms with Crippen LogP contribution >= 0.6 is 0 Å². The maximum absolute atomic E-state index is 13.8. The van der Waals surface area contributed by atoms with Gasteiger partial charge in [0.15, 0.2) is 5.65 Å². The number of halogens is 2. The lowest BCUT2D eigenvalue weighted by molar-refractivity contribution is 0.101. The molecule has 0 saturated heterocycles. The number of aromatic nitrogens is 3. The molecule has 0 aliphatic heterocycles. The number of aryl methyl sites for hydroxylation is 1. The Kier molecular flexibility index (Phi) is 3.91. The molecule has 7 nitrogen and oxygen atoms in total. The largest absolute Gasteiger partial charge is 0.332 e.